The molecule has 27 heavy (non-hydrogen) atoms. The number of aliphatic imine (C=N–C) groups is 1. The number of benzene rings is 1. The first kappa shape index (κ1) is 19.3. The summed E-state index contributed by atoms with van der Waals surface area (Å²) in [5.41, 5.74) is 3.66. The molecule has 2 heterocycles. The monoisotopic (exact) mass is 403 g/mol. The van der Waals surface area contributed by atoms with Gasteiger partial charge in [-0.05, 0) is 30.7 Å². The minimum Gasteiger partial charge on any atom is -0.369 e. The van der Waals surface area contributed by atoms with Crippen LogP contribution < -0.4 is 5.73 Å². The van der Waals surface area contributed by atoms with E-state index in [9.17, 15) is 26.7 Å². The Morgan fingerprint density at radius 1 is 1.22 bits per heavy atom. The lowest BCUT2D eigenvalue weighted by molar-refractivity contribution is -0.137. The summed E-state index contributed by atoms with van der Waals surface area (Å²) in [7, 11) is 1.37. The maximum Gasteiger partial charge on any atom is 0.416 e. The van der Waals surface area contributed by atoms with E-state index in [1.54, 1.807) is 0 Å². The summed E-state index contributed by atoms with van der Waals surface area (Å²) in [5.74, 6) is -2.89. The van der Waals surface area contributed by atoms with Crippen LogP contribution in [0.25, 0.3) is 0 Å². The van der Waals surface area contributed by atoms with E-state index in [0.29, 0.717) is 11.3 Å². The Morgan fingerprint density at radius 2 is 1.81 bits per heavy atom. The molecule has 1 amide bonds. The normalized spacial score (nSPS) is 23.5. The molecule has 0 saturated heterocycles. The summed E-state index contributed by atoms with van der Waals surface area (Å²) in [4.78, 5) is 18.3. The zero-order chi connectivity index (χ0) is 20.1. The SMILES string of the molecule is CN1C(=O)C(c2ccc(C(F)(F)F)cc2)[C@@](C)(c2cc(F)c(F)s2)N=C1N. The van der Waals surface area contributed by atoms with Gasteiger partial charge in [0.2, 0.25) is 11.0 Å². The van der Waals surface area contributed by atoms with Crippen LogP contribution >= 0.6 is 11.3 Å². The summed E-state index contributed by atoms with van der Waals surface area (Å²) in [6.07, 6.45) is -4.53. The summed E-state index contributed by atoms with van der Waals surface area (Å²) in [6.45, 7) is 1.47. The second-order valence-corrected chi connectivity index (χ2v) is 7.30. The van der Waals surface area contributed by atoms with Crippen LogP contribution in [0.2, 0.25) is 0 Å². The van der Waals surface area contributed by atoms with Gasteiger partial charge in [-0.25, -0.2) is 9.38 Å². The van der Waals surface area contributed by atoms with Gasteiger partial charge in [-0.2, -0.15) is 17.6 Å². The predicted molar refractivity (Wildman–Crippen MR) is 90.2 cm³/mol. The van der Waals surface area contributed by atoms with E-state index in [2.05, 4.69) is 4.99 Å². The van der Waals surface area contributed by atoms with Gasteiger partial charge in [0.05, 0.1) is 11.5 Å². The summed E-state index contributed by atoms with van der Waals surface area (Å²) >= 11 is 0.476. The Kier molecular flexibility index (Phi) is 4.49. The van der Waals surface area contributed by atoms with Gasteiger partial charge in [0, 0.05) is 11.9 Å². The second-order valence-electron chi connectivity index (χ2n) is 6.30. The smallest absolute Gasteiger partial charge is 0.369 e. The third-order valence-corrected chi connectivity index (χ3v) is 5.67. The zero-order valence-corrected chi connectivity index (χ0v) is 15.0. The number of hydrogen-bond acceptors (Lipinski definition) is 4. The quantitative estimate of drug-likeness (QED) is 0.775. The first-order valence-electron chi connectivity index (χ1n) is 7.70. The molecular weight excluding hydrogens is 389 g/mol. The number of carbonyl (C=O) groups is 1. The molecule has 4 nitrogen and oxygen atoms in total. The fourth-order valence-electron chi connectivity index (χ4n) is 3.05. The van der Waals surface area contributed by atoms with Crippen LogP contribution in [0.3, 0.4) is 0 Å². The van der Waals surface area contributed by atoms with Gasteiger partial charge in [-0.3, -0.25) is 9.69 Å². The van der Waals surface area contributed by atoms with Crippen molar-refractivity contribution in [1.29, 1.82) is 0 Å². The Balaban J connectivity index is 2.16. The highest BCUT2D eigenvalue weighted by Crippen LogP contribution is 2.46. The maximum atomic E-state index is 13.6. The third kappa shape index (κ3) is 3.18. The van der Waals surface area contributed by atoms with E-state index < -0.39 is 40.1 Å². The lowest BCUT2D eigenvalue weighted by atomic mass is 9.77. The number of rotatable bonds is 2. The molecule has 3 rings (SSSR count). The zero-order valence-electron chi connectivity index (χ0n) is 14.1. The fraction of sp³-hybridized carbons (Fsp3) is 0.294. The van der Waals surface area contributed by atoms with Gasteiger partial charge in [-0.1, -0.05) is 12.1 Å². The minimum atomic E-state index is -4.53. The summed E-state index contributed by atoms with van der Waals surface area (Å²) < 4.78 is 65.6. The highest BCUT2D eigenvalue weighted by atomic mass is 32.1. The van der Waals surface area contributed by atoms with E-state index in [0.717, 1.165) is 35.2 Å². The first-order chi connectivity index (χ1) is 12.4. The standard InChI is InChI=1S/C17H14F5N3OS/c1-16(11-7-10(18)13(19)27-11)12(14(26)25(2)15(23)24-16)8-3-5-9(6-4-8)17(20,21)22/h3-7,12H,1-2H3,(H2,23,24)/t12?,16-/m1/s1. The molecule has 0 spiro atoms. The minimum absolute atomic E-state index is 0.104. The number of halogens is 5. The highest BCUT2D eigenvalue weighted by molar-refractivity contribution is 7.10. The van der Waals surface area contributed by atoms with Gasteiger partial charge >= 0.3 is 6.18 Å². The topological polar surface area (TPSA) is 58.7 Å². The van der Waals surface area contributed by atoms with Crippen molar-refractivity contribution < 1.29 is 26.7 Å². The van der Waals surface area contributed by atoms with Gasteiger partial charge in [0.25, 0.3) is 0 Å². The highest BCUT2D eigenvalue weighted by Gasteiger charge is 2.48. The molecular formula is C17H14F5N3OS. The number of nitrogens with two attached hydrogens (primary N) is 1. The van der Waals surface area contributed by atoms with Crippen LogP contribution in [0.15, 0.2) is 35.3 Å². The van der Waals surface area contributed by atoms with E-state index in [1.807, 2.05) is 0 Å². The van der Waals surface area contributed by atoms with Gasteiger partial charge in [-0.15, -0.1) is 11.3 Å². The molecule has 1 aliphatic heterocycles. The molecule has 144 valence electrons. The number of guanidine groups is 1. The molecule has 10 heteroatoms. The summed E-state index contributed by atoms with van der Waals surface area (Å²) in [5, 5.41) is -1.07. The molecule has 1 unspecified atom stereocenters. The Bertz CT molecular complexity index is 902. The molecule has 0 radical (unpaired) electrons. The van der Waals surface area contributed by atoms with E-state index in [1.165, 1.54) is 14.0 Å². The van der Waals surface area contributed by atoms with Crippen LogP contribution in [0, 0.1) is 10.9 Å². The van der Waals surface area contributed by atoms with Gasteiger partial charge in [0.15, 0.2) is 11.8 Å². The van der Waals surface area contributed by atoms with E-state index in [-0.39, 0.29) is 16.4 Å². The van der Waals surface area contributed by atoms with Crippen molar-refractivity contribution in [2.45, 2.75) is 24.6 Å². The maximum absolute atomic E-state index is 13.6. The Morgan fingerprint density at radius 3 is 2.30 bits per heavy atom. The van der Waals surface area contributed by atoms with Crippen LogP contribution in [0.4, 0.5) is 22.0 Å². The van der Waals surface area contributed by atoms with Gasteiger partial charge in [0.1, 0.15) is 5.54 Å². The van der Waals surface area contributed by atoms with Crippen molar-refractivity contribution in [3.63, 3.8) is 0 Å². The molecule has 2 aromatic rings. The van der Waals surface area contributed by atoms with Crippen molar-refractivity contribution in [2.75, 3.05) is 7.05 Å². The number of likely N-dealkylation sites (N-methyl/N-ethyl adjacent to an activating group) is 1. The number of alkyl halides is 3. The summed E-state index contributed by atoms with van der Waals surface area (Å²) in [6, 6.07) is 4.94. The van der Waals surface area contributed by atoms with Crippen LogP contribution in [-0.4, -0.2) is 23.8 Å². The van der Waals surface area contributed by atoms with E-state index in [4.69, 9.17) is 5.73 Å². The molecule has 1 aliphatic rings. The predicted octanol–water partition coefficient (Wildman–Crippen LogP) is 3.83. The van der Waals surface area contributed by atoms with Gasteiger partial charge < -0.3 is 5.73 Å². The van der Waals surface area contributed by atoms with Crippen molar-refractivity contribution in [3.8, 4) is 0 Å². The molecule has 0 aliphatic carbocycles. The van der Waals surface area contributed by atoms with Crippen molar-refractivity contribution in [1.82, 2.24) is 4.90 Å². The lowest BCUT2D eigenvalue weighted by Gasteiger charge is -2.40. The van der Waals surface area contributed by atoms with Crippen molar-refractivity contribution >= 4 is 23.2 Å². The molecule has 2 N–H and O–H groups in total. The first-order valence-corrected chi connectivity index (χ1v) is 8.52. The Labute approximate surface area is 155 Å². The number of amides is 1. The number of carbonyl (C=O) groups excluding carboxylic acids is 1. The average Bonchev–Trinajstić information content (AvgIpc) is 2.92. The fourth-order valence-corrected chi connectivity index (χ4v) is 3.93. The Hall–Kier alpha value is -2.49. The number of thiophene rings is 1. The molecule has 2 atom stereocenters. The van der Waals surface area contributed by atoms with E-state index >= 15 is 0 Å². The number of nitrogens with zero attached hydrogens (tertiary/aromatic N) is 2. The second kappa shape index (κ2) is 6.29. The molecule has 1 aromatic carbocycles. The lowest BCUT2D eigenvalue weighted by Crippen LogP contribution is -2.52. The molecule has 0 fully saturated rings. The van der Waals surface area contributed by atoms with Crippen LogP contribution in [-0.2, 0) is 16.5 Å². The largest absolute Gasteiger partial charge is 0.416 e. The van der Waals surface area contributed by atoms with Crippen molar-refractivity contribution in [2.24, 2.45) is 10.7 Å². The number of hydrogen-bond donors (Lipinski definition) is 1. The molecule has 0 saturated carbocycles. The molecule has 1 aromatic heterocycles. The average molecular weight is 403 g/mol. The van der Waals surface area contributed by atoms with Crippen LogP contribution in [0.5, 0.6) is 0 Å². The third-order valence-electron chi connectivity index (χ3n) is 4.55. The molecule has 0 bridgehead atoms. The van der Waals surface area contributed by atoms with Crippen LogP contribution in [0.1, 0.15) is 28.8 Å². The van der Waals surface area contributed by atoms with Crippen molar-refractivity contribution in [3.05, 3.63) is 57.3 Å².